The van der Waals surface area contributed by atoms with Crippen molar-refractivity contribution in [1.82, 2.24) is 9.99 Å². The molecule has 4 heterocycles. The standard InChI is InChI=1S/C20H16BrN3OS/c1-12-2-5-19(26-12)16-11-17-15-10-14(21)3-4-18(15)25-20(24(17)23-16)13-6-8-22-9-7-13/h2-10,17,20H,11H2,1H3. The van der Waals surface area contributed by atoms with Gasteiger partial charge in [-0.2, -0.15) is 5.10 Å². The summed E-state index contributed by atoms with van der Waals surface area (Å²) in [5.74, 6) is 0.926. The van der Waals surface area contributed by atoms with Crippen molar-refractivity contribution in [2.24, 2.45) is 5.10 Å². The number of thiophene rings is 1. The first-order valence-corrected chi connectivity index (χ1v) is 10.1. The second-order valence-electron chi connectivity index (χ2n) is 6.49. The molecule has 2 aliphatic rings. The van der Waals surface area contributed by atoms with Crippen LogP contribution in [0, 0.1) is 6.92 Å². The maximum absolute atomic E-state index is 6.35. The number of pyridine rings is 1. The predicted octanol–water partition coefficient (Wildman–Crippen LogP) is 5.46. The predicted molar refractivity (Wildman–Crippen MR) is 107 cm³/mol. The normalized spacial score (nSPS) is 21.0. The van der Waals surface area contributed by atoms with E-state index in [4.69, 9.17) is 9.84 Å². The minimum atomic E-state index is -0.241. The summed E-state index contributed by atoms with van der Waals surface area (Å²) in [5.41, 5.74) is 3.37. The molecule has 5 rings (SSSR count). The molecule has 3 aromatic rings. The number of ether oxygens (including phenoxy) is 1. The Balaban J connectivity index is 1.61. The molecule has 2 aliphatic heterocycles. The molecular formula is C20H16BrN3OS. The highest BCUT2D eigenvalue weighted by Crippen LogP contribution is 2.48. The van der Waals surface area contributed by atoms with Crippen molar-refractivity contribution in [2.75, 3.05) is 0 Å². The number of hydrazone groups is 1. The van der Waals surface area contributed by atoms with E-state index in [1.165, 1.54) is 15.3 Å². The molecule has 0 amide bonds. The summed E-state index contributed by atoms with van der Waals surface area (Å²) >= 11 is 5.39. The number of halogens is 1. The fourth-order valence-corrected chi connectivity index (χ4v) is 4.78. The zero-order valence-corrected chi connectivity index (χ0v) is 16.5. The molecule has 0 saturated heterocycles. The maximum atomic E-state index is 6.35. The molecule has 2 atom stereocenters. The molecule has 6 heteroatoms. The first kappa shape index (κ1) is 16.0. The summed E-state index contributed by atoms with van der Waals surface area (Å²) in [6.45, 7) is 2.13. The van der Waals surface area contributed by atoms with Gasteiger partial charge in [0.15, 0.2) is 0 Å². The summed E-state index contributed by atoms with van der Waals surface area (Å²) in [7, 11) is 0. The van der Waals surface area contributed by atoms with Gasteiger partial charge in [-0.05, 0) is 49.4 Å². The van der Waals surface area contributed by atoms with E-state index < -0.39 is 0 Å². The Kier molecular flexibility index (Phi) is 3.83. The number of hydrogen-bond acceptors (Lipinski definition) is 5. The van der Waals surface area contributed by atoms with Gasteiger partial charge in [-0.25, -0.2) is 5.01 Å². The Hall–Kier alpha value is -2.18. The van der Waals surface area contributed by atoms with Crippen molar-refractivity contribution in [2.45, 2.75) is 25.6 Å². The smallest absolute Gasteiger partial charge is 0.213 e. The third kappa shape index (κ3) is 2.64. The fraction of sp³-hybridized carbons (Fsp3) is 0.200. The molecule has 0 bridgehead atoms. The number of fused-ring (bicyclic) bond motifs is 3. The molecule has 0 N–H and O–H groups in total. The lowest BCUT2D eigenvalue weighted by Gasteiger charge is -2.38. The van der Waals surface area contributed by atoms with E-state index in [2.05, 4.69) is 51.0 Å². The third-order valence-corrected chi connectivity index (χ3v) is 6.31. The van der Waals surface area contributed by atoms with Crippen molar-refractivity contribution in [3.05, 3.63) is 80.2 Å². The lowest BCUT2D eigenvalue weighted by Crippen LogP contribution is -2.33. The first-order valence-electron chi connectivity index (χ1n) is 8.48. The van der Waals surface area contributed by atoms with Gasteiger partial charge in [0, 0.05) is 39.3 Å². The summed E-state index contributed by atoms with van der Waals surface area (Å²) in [6.07, 6.45) is 4.24. The summed E-state index contributed by atoms with van der Waals surface area (Å²) in [6, 6.07) is 14.7. The highest BCUT2D eigenvalue weighted by atomic mass is 79.9. The van der Waals surface area contributed by atoms with Gasteiger partial charge < -0.3 is 4.74 Å². The highest BCUT2D eigenvalue weighted by Gasteiger charge is 2.41. The molecule has 0 saturated carbocycles. The maximum Gasteiger partial charge on any atom is 0.213 e. The van der Waals surface area contributed by atoms with E-state index >= 15 is 0 Å². The quantitative estimate of drug-likeness (QED) is 0.547. The van der Waals surface area contributed by atoms with Gasteiger partial charge in [0.1, 0.15) is 5.75 Å². The Morgan fingerprint density at radius 3 is 2.77 bits per heavy atom. The molecule has 26 heavy (non-hydrogen) atoms. The zero-order chi connectivity index (χ0) is 17.7. The molecule has 4 nitrogen and oxygen atoms in total. The molecule has 0 aliphatic carbocycles. The second kappa shape index (κ2) is 6.21. The van der Waals surface area contributed by atoms with Gasteiger partial charge in [-0.15, -0.1) is 11.3 Å². The van der Waals surface area contributed by atoms with Crippen LogP contribution in [0.15, 0.2) is 64.4 Å². The van der Waals surface area contributed by atoms with Crippen LogP contribution in [0.3, 0.4) is 0 Å². The zero-order valence-electron chi connectivity index (χ0n) is 14.1. The lowest BCUT2D eigenvalue weighted by atomic mass is 9.98. The van der Waals surface area contributed by atoms with Crippen LogP contribution in [0.5, 0.6) is 5.75 Å². The van der Waals surface area contributed by atoms with Gasteiger partial charge in [0.2, 0.25) is 6.23 Å². The van der Waals surface area contributed by atoms with Gasteiger partial charge in [0.05, 0.1) is 16.6 Å². The second-order valence-corrected chi connectivity index (χ2v) is 8.69. The van der Waals surface area contributed by atoms with E-state index in [0.717, 1.165) is 27.9 Å². The minimum absolute atomic E-state index is 0.173. The molecule has 0 spiro atoms. The number of aromatic nitrogens is 1. The Bertz CT molecular complexity index is 1000. The molecule has 0 radical (unpaired) electrons. The van der Waals surface area contributed by atoms with Crippen LogP contribution in [0.1, 0.15) is 39.6 Å². The molecule has 0 fully saturated rings. The molecule has 2 unspecified atom stereocenters. The molecule has 130 valence electrons. The van der Waals surface area contributed by atoms with Crippen LogP contribution >= 0.6 is 27.3 Å². The summed E-state index contributed by atoms with van der Waals surface area (Å²) in [4.78, 5) is 6.67. The van der Waals surface area contributed by atoms with E-state index in [9.17, 15) is 0 Å². The van der Waals surface area contributed by atoms with Crippen molar-refractivity contribution < 1.29 is 4.74 Å². The molecule has 2 aromatic heterocycles. The summed E-state index contributed by atoms with van der Waals surface area (Å²) in [5, 5.41) is 7.09. The van der Waals surface area contributed by atoms with Gasteiger partial charge in [-0.1, -0.05) is 15.9 Å². The van der Waals surface area contributed by atoms with Crippen LogP contribution in [0.25, 0.3) is 0 Å². The average Bonchev–Trinajstić information content (AvgIpc) is 3.28. The van der Waals surface area contributed by atoms with Crippen LogP contribution in [-0.2, 0) is 0 Å². The SMILES string of the molecule is Cc1ccc(C2=NN3C(C2)c2cc(Br)ccc2OC3c2ccncc2)s1. The van der Waals surface area contributed by atoms with Crippen LogP contribution in [0.4, 0.5) is 0 Å². The van der Waals surface area contributed by atoms with Crippen molar-refractivity contribution in [3.63, 3.8) is 0 Å². The van der Waals surface area contributed by atoms with Crippen molar-refractivity contribution in [3.8, 4) is 5.75 Å². The largest absolute Gasteiger partial charge is 0.464 e. The van der Waals surface area contributed by atoms with Crippen LogP contribution < -0.4 is 4.74 Å². The number of hydrogen-bond donors (Lipinski definition) is 0. The lowest BCUT2D eigenvalue weighted by molar-refractivity contribution is -0.0191. The van der Waals surface area contributed by atoms with E-state index in [1.807, 2.05) is 24.3 Å². The van der Waals surface area contributed by atoms with Crippen LogP contribution in [-0.4, -0.2) is 15.7 Å². The summed E-state index contributed by atoms with van der Waals surface area (Å²) < 4.78 is 7.41. The topological polar surface area (TPSA) is 37.7 Å². The van der Waals surface area contributed by atoms with Gasteiger partial charge in [0.25, 0.3) is 0 Å². The first-order chi connectivity index (χ1) is 12.7. The fourth-order valence-electron chi connectivity index (χ4n) is 3.54. The number of aryl methyl sites for hydroxylation is 1. The van der Waals surface area contributed by atoms with Gasteiger partial charge >= 0.3 is 0 Å². The number of rotatable bonds is 2. The molecule has 1 aromatic carbocycles. The van der Waals surface area contributed by atoms with Crippen molar-refractivity contribution >= 4 is 33.0 Å². The van der Waals surface area contributed by atoms with E-state index in [-0.39, 0.29) is 12.3 Å². The third-order valence-electron chi connectivity index (χ3n) is 4.77. The van der Waals surface area contributed by atoms with Crippen molar-refractivity contribution in [1.29, 1.82) is 0 Å². The number of nitrogens with zero attached hydrogens (tertiary/aromatic N) is 3. The Morgan fingerprint density at radius 1 is 1.15 bits per heavy atom. The van der Waals surface area contributed by atoms with Crippen LogP contribution in [0.2, 0.25) is 0 Å². The Morgan fingerprint density at radius 2 is 2.00 bits per heavy atom. The van der Waals surface area contributed by atoms with Gasteiger partial charge in [-0.3, -0.25) is 4.98 Å². The average molecular weight is 426 g/mol. The van der Waals surface area contributed by atoms with E-state index in [1.54, 1.807) is 23.7 Å². The molecular weight excluding hydrogens is 410 g/mol. The monoisotopic (exact) mass is 425 g/mol. The minimum Gasteiger partial charge on any atom is -0.464 e. The number of benzene rings is 1. The Labute approximate surface area is 164 Å². The highest BCUT2D eigenvalue weighted by molar-refractivity contribution is 9.10. The van der Waals surface area contributed by atoms with E-state index in [0.29, 0.717) is 0 Å².